The minimum Gasteiger partial charge on any atom is -0.307 e. The van der Waals surface area contributed by atoms with Crippen molar-refractivity contribution in [3.63, 3.8) is 0 Å². The Bertz CT molecular complexity index is 784. The SMILES string of the molecule is Cc1cc(NC(=O)c2cc(C(F)(F)F)cc(C(F)(F)F)c2)ncc1Br. The highest BCUT2D eigenvalue weighted by atomic mass is 79.9. The Balaban J connectivity index is 2.42. The minimum atomic E-state index is -5.03. The Morgan fingerprint density at radius 1 is 1.00 bits per heavy atom. The van der Waals surface area contributed by atoms with E-state index in [0.29, 0.717) is 22.2 Å². The fraction of sp³-hybridized carbons (Fsp3) is 0.200. The van der Waals surface area contributed by atoms with Gasteiger partial charge in [-0.1, -0.05) is 0 Å². The number of carbonyl (C=O) groups is 1. The summed E-state index contributed by atoms with van der Waals surface area (Å²) in [4.78, 5) is 15.9. The average Bonchev–Trinajstić information content (AvgIpc) is 2.48. The standard InChI is InChI=1S/C15H9BrF6N2O/c1-7-2-12(23-6-11(7)16)24-13(25)8-3-9(14(17,18)19)5-10(4-8)15(20,21)22/h2-6H,1H3,(H,23,24,25). The monoisotopic (exact) mass is 426 g/mol. The van der Waals surface area contributed by atoms with Gasteiger partial charge in [0, 0.05) is 16.2 Å². The van der Waals surface area contributed by atoms with Crippen LogP contribution in [0.3, 0.4) is 0 Å². The molecule has 1 N–H and O–H groups in total. The summed E-state index contributed by atoms with van der Waals surface area (Å²) in [6.45, 7) is 1.67. The lowest BCUT2D eigenvalue weighted by Gasteiger charge is -2.14. The normalized spacial score (nSPS) is 12.2. The first-order valence-electron chi connectivity index (χ1n) is 6.61. The van der Waals surface area contributed by atoms with Gasteiger partial charge >= 0.3 is 12.4 Å². The molecule has 3 nitrogen and oxygen atoms in total. The molecule has 0 aliphatic carbocycles. The summed E-state index contributed by atoms with van der Waals surface area (Å²) in [5.41, 5.74) is -3.23. The molecule has 0 unspecified atom stereocenters. The zero-order valence-corrected chi connectivity index (χ0v) is 14.0. The molecule has 0 spiro atoms. The van der Waals surface area contributed by atoms with Gasteiger partial charge in [-0.15, -0.1) is 0 Å². The Hall–Kier alpha value is -2.10. The molecule has 0 saturated carbocycles. The van der Waals surface area contributed by atoms with Crippen LogP contribution in [-0.2, 0) is 12.4 Å². The van der Waals surface area contributed by atoms with Crippen molar-refractivity contribution in [2.75, 3.05) is 5.32 Å². The van der Waals surface area contributed by atoms with Crippen molar-refractivity contribution < 1.29 is 31.1 Å². The Morgan fingerprint density at radius 2 is 1.52 bits per heavy atom. The Kier molecular flexibility index (Phi) is 5.12. The van der Waals surface area contributed by atoms with Crippen molar-refractivity contribution in [1.82, 2.24) is 4.98 Å². The molecule has 0 aliphatic rings. The van der Waals surface area contributed by atoms with Crippen LogP contribution in [0.25, 0.3) is 0 Å². The zero-order chi connectivity index (χ0) is 19.0. The van der Waals surface area contributed by atoms with Crippen LogP contribution in [0.2, 0.25) is 0 Å². The third-order valence-electron chi connectivity index (χ3n) is 3.14. The lowest BCUT2D eigenvalue weighted by molar-refractivity contribution is -0.143. The third kappa shape index (κ3) is 4.71. The van der Waals surface area contributed by atoms with Gasteiger partial charge in [0.05, 0.1) is 11.1 Å². The number of aryl methyl sites for hydroxylation is 1. The highest BCUT2D eigenvalue weighted by molar-refractivity contribution is 9.10. The summed E-state index contributed by atoms with van der Waals surface area (Å²) in [6, 6.07) is 2.09. The van der Waals surface area contributed by atoms with Crippen molar-refractivity contribution in [1.29, 1.82) is 0 Å². The van der Waals surface area contributed by atoms with E-state index in [0.717, 1.165) is 0 Å². The maximum atomic E-state index is 12.8. The molecule has 2 rings (SSSR count). The van der Waals surface area contributed by atoms with Gasteiger partial charge in [-0.3, -0.25) is 4.79 Å². The minimum absolute atomic E-state index is 0.00308. The van der Waals surface area contributed by atoms with Crippen LogP contribution in [-0.4, -0.2) is 10.9 Å². The molecule has 2 aromatic rings. The second-order valence-electron chi connectivity index (χ2n) is 5.07. The molecular weight excluding hydrogens is 418 g/mol. The molecule has 1 amide bonds. The van der Waals surface area contributed by atoms with Gasteiger partial charge < -0.3 is 5.32 Å². The molecule has 1 aromatic carbocycles. The number of amides is 1. The number of pyridine rings is 1. The maximum absolute atomic E-state index is 12.8. The zero-order valence-electron chi connectivity index (χ0n) is 12.4. The lowest BCUT2D eigenvalue weighted by Crippen LogP contribution is -2.17. The number of rotatable bonds is 2. The number of benzene rings is 1. The van der Waals surface area contributed by atoms with Crippen molar-refractivity contribution in [3.8, 4) is 0 Å². The van der Waals surface area contributed by atoms with Gasteiger partial charge in [-0.25, -0.2) is 4.98 Å². The number of nitrogens with zero attached hydrogens (tertiary/aromatic N) is 1. The molecule has 134 valence electrons. The van der Waals surface area contributed by atoms with E-state index in [1.807, 2.05) is 0 Å². The van der Waals surface area contributed by atoms with Crippen LogP contribution >= 0.6 is 15.9 Å². The van der Waals surface area contributed by atoms with Gasteiger partial charge in [0.1, 0.15) is 5.82 Å². The summed E-state index contributed by atoms with van der Waals surface area (Å²) in [7, 11) is 0. The molecule has 0 aliphatic heterocycles. The molecule has 0 atom stereocenters. The smallest absolute Gasteiger partial charge is 0.307 e. The summed E-state index contributed by atoms with van der Waals surface area (Å²) in [5, 5.41) is 2.18. The van der Waals surface area contributed by atoms with E-state index in [4.69, 9.17) is 0 Å². The van der Waals surface area contributed by atoms with Crippen LogP contribution in [0.4, 0.5) is 32.2 Å². The number of alkyl halides is 6. The van der Waals surface area contributed by atoms with E-state index in [2.05, 4.69) is 26.2 Å². The van der Waals surface area contributed by atoms with E-state index in [1.165, 1.54) is 12.3 Å². The summed E-state index contributed by atoms with van der Waals surface area (Å²) in [5.74, 6) is -1.14. The molecule has 10 heteroatoms. The summed E-state index contributed by atoms with van der Waals surface area (Å²) >= 11 is 3.18. The van der Waals surface area contributed by atoms with Crippen LogP contribution < -0.4 is 5.32 Å². The van der Waals surface area contributed by atoms with Crippen LogP contribution in [0.1, 0.15) is 27.0 Å². The highest BCUT2D eigenvalue weighted by Crippen LogP contribution is 2.36. The van der Waals surface area contributed by atoms with Crippen molar-refractivity contribution in [3.05, 3.63) is 57.2 Å². The van der Waals surface area contributed by atoms with Crippen LogP contribution in [0.5, 0.6) is 0 Å². The van der Waals surface area contributed by atoms with Gasteiger partial charge in [-0.2, -0.15) is 26.3 Å². The number of hydrogen-bond acceptors (Lipinski definition) is 2. The quantitative estimate of drug-likeness (QED) is 0.649. The van der Waals surface area contributed by atoms with Gasteiger partial charge in [0.15, 0.2) is 0 Å². The van der Waals surface area contributed by atoms with Gasteiger partial charge in [0.2, 0.25) is 0 Å². The molecule has 25 heavy (non-hydrogen) atoms. The Labute approximate surface area is 146 Å². The number of carbonyl (C=O) groups excluding carboxylic acids is 1. The van der Waals surface area contributed by atoms with E-state index in [-0.39, 0.29) is 11.9 Å². The lowest BCUT2D eigenvalue weighted by atomic mass is 10.0. The topological polar surface area (TPSA) is 42.0 Å². The molecular formula is C15H9BrF6N2O. The fourth-order valence-corrected chi connectivity index (χ4v) is 2.10. The largest absolute Gasteiger partial charge is 0.416 e. The number of anilines is 1. The first-order chi connectivity index (χ1) is 11.4. The number of aromatic nitrogens is 1. The third-order valence-corrected chi connectivity index (χ3v) is 3.97. The average molecular weight is 427 g/mol. The van der Waals surface area contributed by atoms with Crippen molar-refractivity contribution >= 4 is 27.7 Å². The number of hydrogen-bond donors (Lipinski definition) is 1. The molecule has 1 heterocycles. The van der Waals surface area contributed by atoms with Gasteiger partial charge in [-0.05, 0) is 52.7 Å². The van der Waals surface area contributed by atoms with E-state index in [9.17, 15) is 31.1 Å². The fourth-order valence-electron chi connectivity index (χ4n) is 1.88. The number of nitrogens with one attached hydrogen (secondary N) is 1. The predicted molar refractivity (Wildman–Crippen MR) is 81.1 cm³/mol. The first-order valence-corrected chi connectivity index (χ1v) is 7.40. The van der Waals surface area contributed by atoms with Crippen molar-refractivity contribution in [2.45, 2.75) is 19.3 Å². The summed E-state index contributed by atoms with van der Waals surface area (Å²) in [6.07, 6.45) is -8.70. The molecule has 0 bridgehead atoms. The van der Waals surface area contributed by atoms with Crippen LogP contribution in [0.15, 0.2) is 34.9 Å². The maximum Gasteiger partial charge on any atom is 0.416 e. The highest BCUT2D eigenvalue weighted by Gasteiger charge is 2.37. The predicted octanol–water partition coefficient (Wildman–Crippen LogP) is 5.44. The second kappa shape index (κ2) is 6.66. The van der Waals surface area contributed by atoms with Crippen LogP contribution in [0, 0.1) is 6.92 Å². The Morgan fingerprint density at radius 3 is 1.96 bits per heavy atom. The van der Waals surface area contributed by atoms with E-state index < -0.39 is 35.0 Å². The van der Waals surface area contributed by atoms with Gasteiger partial charge in [0.25, 0.3) is 5.91 Å². The second-order valence-corrected chi connectivity index (χ2v) is 5.92. The molecule has 0 fully saturated rings. The molecule has 1 aromatic heterocycles. The first kappa shape index (κ1) is 19.2. The van der Waals surface area contributed by atoms with Crippen molar-refractivity contribution in [2.24, 2.45) is 0 Å². The number of halogens is 7. The molecule has 0 radical (unpaired) electrons. The van der Waals surface area contributed by atoms with E-state index in [1.54, 1.807) is 6.92 Å². The summed E-state index contributed by atoms with van der Waals surface area (Å²) < 4.78 is 77.5. The van der Waals surface area contributed by atoms with E-state index >= 15 is 0 Å². The molecule has 0 saturated heterocycles.